The van der Waals surface area contributed by atoms with Gasteiger partial charge in [-0.25, -0.2) is 0 Å². The number of carbonyl (C=O) groups is 1. The molecule has 0 saturated carbocycles. The summed E-state index contributed by atoms with van der Waals surface area (Å²) < 4.78 is 1.94. The second-order valence-electron chi connectivity index (χ2n) is 4.77. The first-order chi connectivity index (χ1) is 9.11. The molecule has 106 valence electrons. The largest absolute Gasteiger partial charge is 0.338 e. The third kappa shape index (κ3) is 4.03. The summed E-state index contributed by atoms with van der Waals surface area (Å²) >= 11 is 8.38. The third-order valence-corrected chi connectivity index (χ3v) is 6.71. The van der Waals surface area contributed by atoms with E-state index in [0.29, 0.717) is 5.92 Å². The minimum absolute atomic E-state index is 0.150. The first-order valence-electron chi connectivity index (χ1n) is 6.56. The quantitative estimate of drug-likeness (QED) is 0.821. The summed E-state index contributed by atoms with van der Waals surface area (Å²) in [6.45, 7) is 5.86. The van der Waals surface area contributed by atoms with Gasteiger partial charge in [-0.05, 0) is 76.7 Å². The average molecular weight is 410 g/mol. The number of hydrogen-bond acceptors (Lipinski definition) is 3. The van der Waals surface area contributed by atoms with Crippen LogP contribution >= 0.6 is 43.2 Å². The van der Waals surface area contributed by atoms with E-state index in [4.69, 9.17) is 0 Å². The lowest BCUT2D eigenvalue weighted by Gasteiger charge is -2.29. The zero-order chi connectivity index (χ0) is 13.8. The maximum absolute atomic E-state index is 12.5. The van der Waals surface area contributed by atoms with Crippen LogP contribution in [0.25, 0.3) is 0 Å². The van der Waals surface area contributed by atoms with Crippen LogP contribution in [0.15, 0.2) is 14.3 Å². The Bertz CT molecular complexity index is 424. The fourth-order valence-corrected chi connectivity index (χ4v) is 4.34. The van der Waals surface area contributed by atoms with E-state index in [1.54, 1.807) is 0 Å². The van der Waals surface area contributed by atoms with Crippen LogP contribution in [0.2, 0.25) is 0 Å². The van der Waals surface area contributed by atoms with Crippen LogP contribution in [-0.4, -0.2) is 37.0 Å². The molecule has 1 amide bonds. The fourth-order valence-electron chi connectivity index (χ4n) is 2.34. The molecule has 0 aromatic carbocycles. The number of thiophene rings is 1. The molecule has 0 bridgehead atoms. The molecule has 6 heteroatoms. The molecule has 19 heavy (non-hydrogen) atoms. The normalized spacial score (nSPS) is 16.6. The van der Waals surface area contributed by atoms with Crippen LogP contribution in [0.4, 0.5) is 0 Å². The van der Waals surface area contributed by atoms with Gasteiger partial charge in [0.25, 0.3) is 5.91 Å². The molecule has 1 aromatic heterocycles. The number of amides is 1. The van der Waals surface area contributed by atoms with Crippen molar-refractivity contribution < 1.29 is 4.79 Å². The Balaban J connectivity index is 2.01. The number of hydrogen-bond donors (Lipinski definition) is 1. The Morgan fingerprint density at radius 1 is 1.47 bits per heavy atom. The Morgan fingerprint density at radius 3 is 2.68 bits per heavy atom. The first kappa shape index (κ1) is 15.5. The van der Waals surface area contributed by atoms with Crippen molar-refractivity contribution >= 4 is 49.1 Å². The Morgan fingerprint density at radius 2 is 2.16 bits per heavy atom. The Hall–Kier alpha value is 0.0900. The monoisotopic (exact) mass is 408 g/mol. The minimum atomic E-state index is 0.150. The van der Waals surface area contributed by atoms with Crippen LogP contribution in [0, 0.1) is 5.92 Å². The molecule has 0 atom stereocenters. The predicted octanol–water partition coefficient (Wildman–Crippen LogP) is 3.73. The zero-order valence-corrected chi connectivity index (χ0v) is 14.9. The van der Waals surface area contributed by atoms with Gasteiger partial charge < -0.3 is 10.2 Å². The number of carbonyl (C=O) groups excluding carboxylic acids is 1. The number of nitrogens with one attached hydrogen (secondary N) is 1. The third-order valence-electron chi connectivity index (χ3n) is 3.46. The lowest BCUT2D eigenvalue weighted by Crippen LogP contribution is -2.39. The van der Waals surface area contributed by atoms with E-state index in [9.17, 15) is 4.79 Å². The van der Waals surface area contributed by atoms with E-state index in [1.807, 2.05) is 11.0 Å². The number of piperidine rings is 1. The summed E-state index contributed by atoms with van der Waals surface area (Å²) in [6, 6.07) is 1.90. The smallest absolute Gasteiger partial charge is 0.263 e. The SMILES string of the molecule is CCN(CC1CCNCC1)C(=O)c1cc(Br)c(Br)s1. The number of rotatable bonds is 4. The molecule has 1 aliphatic heterocycles. The topological polar surface area (TPSA) is 32.3 Å². The fraction of sp³-hybridized carbons (Fsp3) is 0.615. The zero-order valence-electron chi connectivity index (χ0n) is 10.9. The molecule has 1 fully saturated rings. The van der Waals surface area contributed by atoms with Gasteiger partial charge in [0.1, 0.15) is 0 Å². The van der Waals surface area contributed by atoms with Crippen molar-refractivity contribution in [3.63, 3.8) is 0 Å². The second-order valence-corrected chi connectivity index (χ2v) is 7.99. The van der Waals surface area contributed by atoms with E-state index in [-0.39, 0.29) is 5.91 Å². The maximum Gasteiger partial charge on any atom is 0.263 e. The van der Waals surface area contributed by atoms with Crippen LogP contribution in [0.1, 0.15) is 29.4 Å². The highest BCUT2D eigenvalue weighted by Gasteiger charge is 2.22. The van der Waals surface area contributed by atoms with E-state index >= 15 is 0 Å². The van der Waals surface area contributed by atoms with Gasteiger partial charge in [0, 0.05) is 17.6 Å². The highest BCUT2D eigenvalue weighted by Crippen LogP contribution is 2.33. The van der Waals surface area contributed by atoms with Crippen molar-refractivity contribution in [3.05, 3.63) is 19.2 Å². The van der Waals surface area contributed by atoms with Crippen LogP contribution in [0.3, 0.4) is 0 Å². The van der Waals surface area contributed by atoms with Crippen LogP contribution in [-0.2, 0) is 0 Å². The lowest BCUT2D eigenvalue weighted by molar-refractivity contribution is 0.0731. The summed E-state index contributed by atoms with van der Waals surface area (Å²) in [5.74, 6) is 0.787. The van der Waals surface area contributed by atoms with Crippen LogP contribution < -0.4 is 5.32 Å². The van der Waals surface area contributed by atoms with Gasteiger partial charge in [0.15, 0.2) is 0 Å². The molecule has 2 rings (SSSR count). The molecule has 1 aromatic rings. The minimum Gasteiger partial charge on any atom is -0.338 e. The molecule has 2 heterocycles. The molecule has 1 N–H and O–H groups in total. The van der Waals surface area contributed by atoms with Gasteiger partial charge in [0.05, 0.1) is 8.66 Å². The van der Waals surface area contributed by atoms with Gasteiger partial charge in [0.2, 0.25) is 0 Å². The molecule has 1 aliphatic rings. The maximum atomic E-state index is 12.5. The van der Waals surface area contributed by atoms with Crippen molar-refractivity contribution in [2.24, 2.45) is 5.92 Å². The van der Waals surface area contributed by atoms with E-state index in [2.05, 4.69) is 44.1 Å². The molecule has 1 saturated heterocycles. The molecule has 0 unspecified atom stereocenters. The van der Waals surface area contributed by atoms with E-state index in [0.717, 1.165) is 39.3 Å². The van der Waals surface area contributed by atoms with Gasteiger partial charge in [-0.1, -0.05) is 0 Å². The average Bonchev–Trinajstić information content (AvgIpc) is 2.76. The predicted molar refractivity (Wildman–Crippen MR) is 86.9 cm³/mol. The molecule has 3 nitrogen and oxygen atoms in total. The summed E-state index contributed by atoms with van der Waals surface area (Å²) in [6.07, 6.45) is 2.34. The summed E-state index contributed by atoms with van der Waals surface area (Å²) in [5.41, 5.74) is 0. The highest BCUT2D eigenvalue weighted by atomic mass is 79.9. The Labute approximate surface area is 135 Å². The summed E-state index contributed by atoms with van der Waals surface area (Å²) in [4.78, 5) is 15.3. The highest BCUT2D eigenvalue weighted by molar-refractivity contribution is 9.13. The molecular formula is C13H18Br2N2OS. The molecule has 0 radical (unpaired) electrons. The van der Waals surface area contributed by atoms with E-state index in [1.165, 1.54) is 24.2 Å². The standard InChI is InChI=1S/C13H18Br2N2OS/c1-2-17(8-9-3-5-16-6-4-9)13(18)11-7-10(14)12(15)19-11/h7,9,16H,2-6,8H2,1H3. The lowest BCUT2D eigenvalue weighted by atomic mass is 9.97. The second kappa shape index (κ2) is 7.20. The number of halogens is 2. The molecule has 0 aliphatic carbocycles. The van der Waals surface area contributed by atoms with Gasteiger partial charge in [-0.2, -0.15) is 0 Å². The van der Waals surface area contributed by atoms with Gasteiger partial charge in [-0.15, -0.1) is 11.3 Å². The van der Waals surface area contributed by atoms with E-state index < -0.39 is 0 Å². The Kier molecular flexibility index (Phi) is 5.87. The van der Waals surface area contributed by atoms with Crippen molar-refractivity contribution in [3.8, 4) is 0 Å². The molecule has 0 spiro atoms. The van der Waals surface area contributed by atoms with Crippen molar-refractivity contribution in [1.82, 2.24) is 10.2 Å². The summed E-state index contributed by atoms with van der Waals surface area (Å²) in [7, 11) is 0. The van der Waals surface area contributed by atoms with Gasteiger partial charge >= 0.3 is 0 Å². The molecular weight excluding hydrogens is 392 g/mol. The van der Waals surface area contributed by atoms with Gasteiger partial charge in [-0.3, -0.25) is 4.79 Å². The summed E-state index contributed by atoms with van der Waals surface area (Å²) in [5, 5.41) is 3.36. The van der Waals surface area contributed by atoms with Crippen molar-refractivity contribution in [1.29, 1.82) is 0 Å². The number of nitrogens with zero attached hydrogens (tertiary/aromatic N) is 1. The first-order valence-corrected chi connectivity index (χ1v) is 8.97. The van der Waals surface area contributed by atoms with Crippen molar-refractivity contribution in [2.75, 3.05) is 26.2 Å². The van der Waals surface area contributed by atoms with Crippen molar-refractivity contribution in [2.45, 2.75) is 19.8 Å². The van der Waals surface area contributed by atoms with Crippen LogP contribution in [0.5, 0.6) is 0 Å².